The fraction of sp³-hybridized carbons (Fsp3) is 0.519. The van der Waals surface area contributed by atoms with Gasteiger partial charge in [-0.05, 0) is 82.6 Å². The van der Waals surface area contributed by atoms with Crippen LogP contribution in [-0.4, -0.2) is 22.9 Å². The van der Waals surface area contributed by atoms with Crippen LogP contribution in [-0.2, 0) is 4.74 Å². The molecule has 0 bridgehead atoms. The zero-order valence-electron chi connectivity index (χ0n) is 20.3. The van der Waals surface area contributed by atoms with Crippen molar-refractivity contribution in [3.05, 3.63) is 63.7 Å². The topological polar surface area (TPSA) is 58.6 Å². The van der Waals surface area contributed by atoms with Crippen molar-refractivity contribution in [1.29, 1.82) is 0 Å². The Bertz CT molecular complexity index is 882. The van der Waals surface area contributed by atoms with E-state index in [2.05, 4.69) is 38.2 Å². The summed E-state index contributed by atoms with van der Waals surface area (Å²) >= 11 is 12.0. The highest BCUT2D eigenvalue weighted by Gasteiger charge is 2.25. The van der Waals surface area contributed by atoms with Crippen molar-refractivity contribution >= 4 is 35.0 Å². The van der Waals surface area contributed by atoms with Crippen LogP contribution in [0.5, 0.6) is 0 Å². The number of benzene rings is 1. The Kier molecular flexibility index (Phi) is 10.5. The van der Waals surface area contributed by atoms with Gasteiger partial charge in [0, 0.05) is 22.2 Å². The van der Waals surface area contributed by atoms with Crippen LogP contribution < -0.4 is 5.32 Å². The fourth-order valence-corrected chi connectivity index (χ4v) is 4.47. The molecule has 2 N–H and O–H groups in total. The first-order chi connectivity index (χ1) is 15.4. The van der Waals surface area contributed by atoms with E-state index < -0.39 is 17.8 Å². The minimum absolute atomic E-state index is 0.254. The van der Waals surface area contributed by atoms with E-state index in [1.807, 2.05) is 19.1 Å². The third-order valence-corrected chi connectivity index (χ3v) is 6.35. The molecule has 6 heteroatoms. The molecular formula is C27H37Cl2NO3. The number of carbonyl (C=O) groups is 1. The van der Waals surface area contributed by atoms with Gasteiger partial charge >= 0.3 is 6.09 Å². The predicted octanol–water partition coefficient (Wildman–Crippen LogP) is 8.35. The number of aliphatic hydroxyl groups is 1. The monoisotopic (exact) mass is 493 g/mol. The van der Waals surface area contributed by atoms with Gasteiger partial charge in [-0.25, -0.2) is 4.79 Å². The SMILES string of the molecule is C/C1=C\[C@H](OC(=O)Nc2cc(Cl)cc(Cl)c2)C[C@](C)(O)/C=C/[C@H](C(C)C)CC/C(C)=C/CC1. The Hall–Kier alpha value is -1.75. The fourth-order valence-electron chi connectivity index (χ4n) is 3.95. The predicted molar refractivity (Wildman–Crippen MR) is 139 cm³/mol. The van der Waals surface area contributed by atoms with E-state index in [0.29, 0.717) is 27.6 Å². The molecule has 1 aliphatic rings. The number of halogens is 2. The van der Waals surface area contributed by atoms with E-state index in [1.54, 1.807) is 25.1 Å². The number of allylic oxidation sites excluding steroid dienone is 4. The Morgan fingerprint density at radius 1 is 1.15 bits per heavy atom. The van der Waals surface area contributed by atoms with Gasteiger partial charge in [0.25, 0.3) is 0 Å². The van der Waals surface area contributed by atoms with Crippen LogP contribution in [0.15, 0.2) is 53.6 Å². The quantitative estimate of drug-likeness (QED) is 0.415. The van der Waals surface area contributed by atoms with Crippen LogP contribution in [0.2, 0.25) is 10.0 Å². The third kappa shape index (κ3) is 10.4. The summed E-state index contributed by atoms with van der Waals surface area (Å²) in [5.74, 6) is 0.845. The first-order valence-electron chi connectivity index (χ1n) is 11.6. The molecule has 0 aromatic heterocycles. The van der Waals surface area contributed by atoms with Crippen molar-refractivity contribution < 1.29 is 14.6 Å². The van der Waals surface area contributed by atoms with Crippen LogP contribution in [0, 0.1) is 11.8 Å². The lowest BCUT2D eigenvalue weighted by Gasteiger charge is -2.26. The van der Waals surface area contributed by atoms with Crippen molar-refractivity contribution in [3.63, 3.8) is 0 Å². The summed E-state index contributed by atoms with van der Waals surface area (Å²) in [4.78, 5) is 12.6. The Labute approximate surface area is 208 Å². The van der Waals surface area contributed by atoms with Crippen molar-refractivity contribution in [1.82, 2.24) is 0 Å². The van der Waals surface area contributed by atoms with Crippen LogP contribution in [0.1, 0.15) is 66.7 Å². The van der Waals surface area contributed by atoms with Gasteiger partial charge in [0.15, 0.2) is 0 Å². The second-order valence-electron chi connectivity index (χ2n) is 9.70. The molecule has 0 fully saturated rings. The molecule has 0 saturated carbocycles. The van der Waals surface area contributed by atoms with Crippen LogP contribution in [0.3, 0.4) is 0 Å². The molecule has 0 spiro atoms. The van der Waals surface area contributed by atoms with Gasteiger partial charge in [-0.2, -0.15) is 0 Å². The molecule has 0 unspecified atom stereocenters. The van der Waals surface area contributed by atoms with E-state index in [9.17, 15) is 9.90 Å². The minimum Gasteiger partial charge on any atom is -0.442 e. The molecule has 4 nitrogen and oxygen atoms in total. The number of hydrogen-bond acceptors (Lipinski definition) is 3. The maximum Gasteiger partial charge on any atom is 0.412 e. The van der Waals surface area contributed by atoms with E-state index in [4.69, 9.17) is 27.9 Å². The van der Waals surface area contributed by atoms with E-state index in [-0.39, 0.29) is 6.42 Å². The lowest BCUT2D eigenvalue weighted by atomic mass is 9.86. The molecule has 2 rings (SSSR count). The lowest BCUT2D eigenvalue weighted by Crippen LogP contribution is -2.31. The highest BCUT2D eigenvalue weighted by atomic mass is 35.5. The van der Waals surface area contributed by atoms with Gasteiger partial charge in [0.1, 0.15) is 6.10 Å². The molecule has 182 valence electrons. The summed E-state index contributed by atoms with van der Waals surface area (Å²) in [5.41, 5.74) is 1.83. The van der Waals surface area contributed by atoms with Crippen molar-refractivity contribution in [2.24, 2.45) is 11.8 Å². The summed E-state index contributed by atoms with van der Waals surface area (Å²) in [6.07, 6.45) is 11.1. The molecule has 1 aromatic carbocycles. The Balaban J connectivity index is 2.24. The summed E-state index contributed by atoms with van der Waals surface area (Å²) in [6.45, 7) is 10.4. The van der Waals surface area contributed by atoms with E-state index in [1.165, 1.54) is 5.57 Å². The van der Waals surface area contributed by atoms with Crippen molar-refractivity contribution in [2.45, 2.75) is 78.4 Å². The average molecular weight is 495 g/mol. The number of rotatable bonds is 3. The lowest BCUT2D eigenvalue weighted by molar-refractivity contribution is 0.0471. The van der Waals surface area contributed by atoms with Crippen LogP contribution >= 0.6 is 23.2 Å². The zero-order chi connectivity index (χ0) is 24.6. The second-order valence-corrected chi connectivity index (χ2v) is 10.6. The molecule has 0 radical (unpaired) electrons. The second kappa shape index (κ2) is 12.6. The zero-order valence-corrected chi connectivity index (χ0v) is 21.8. The van der Waals surface area contributed by atoms with E-state index in [0.717, 1.165) is 31.3 Å². The van der Waals surface area contributed by atoms with Gasteiger partial charge in [0.2, 0.25) is 0 Å². The molecule has 33 heavy (non-hydrogen) atoms. The molecule has 0 heterocycles. The molecule has 1 aliphatic carbocycles. The highest BCUT2D eigenvalue weighted by molar-refractivity contribution is 6.35. The molecule has 0 aliphatic heterocycles. The maximum absolute atomic E-state index is 12.6. The number of carbonyl (C=O) groups excluding carboxylic acids is 1. The molecule has 1 aromatic rings. The first-order valence-corrected chi connectivity index (χ1v) is 12.4. The summed E-state index contributed by atoms with van der Waals surface area (Å²) in [6, 6.07) is 4.79. The summed E-state index contributed by atoms with van der Waals surface area (Å²) in [7, 11) is 0. The Morgan fingerprint density at radius 3 is 2.45 bits per heavy atom. The number of ether oxygens (including phenoxy) is 1. The standard InChI is InChI=1S/C27H37Cl2NO3/c1-18(2)21-10-9-19(3)7-6-8-20(4)13-25(17-27(5,32)12-11-21)33-26(31)30-24-15-22(28)14-23(29)16-24/h7,11-16,18,21,25,32H,6,8-10,17H2,1-5H3,(H,30,31)/b12-11+,19-7+,20-13+/t21-,25+,27-/m1/s1. The number of anilines is 1. The maximum atomic E-state index is 12.6. The van der Waals surface area contributed by atoms with Crippen molar-refractivity contribution in [3.8, 4) is 0 Å². The van der Waals surface area contributed by atoms with Crippen LogP contribution in [0.4, 0.5) is 10.5 Å². The number of hydrogen-bond donors (Lipinski definition) is 2. The summed E-state index contributed by atoms with van der Waals surface area (Å²) < 4.78 is 5.71. The minimum atomic E-state index is -1.12. The number of nitrogens with one attached hydrogen (secondary N) is 1. The molecule has 0 saturated heterocycles. The molecule has 3 atom stereocenters. The molecular weight excluding hydrogens is 457 g/mol. The normalized spacial score (nSPS) is 29.2. The largest absolute Gasteiger partial charge is 0.442 e. The smallest absolute Gasteiger partial charge is 0.412 e. The van der Waals surface area contributed by atoms with Gasteiger partial charge < -0.3 is 9.84 Å². The summed E-state index contributed by atoms with van der Waals surface area (Å²) in [5, 5.41) is 14.6. The first kappa shape index (κ1) is 27.5. The van der Waals surface area contributed by atoms with Gasteiger partial charge in [-0.1, -0.05) is 66.4 Å². The number of amides is 1. The third-order valence-electron chi connectivity index (χ3n) is 5.91. The van der Waals surface area contributed by atoms with Gasteiger partial charge in [-0.15, -0.1) is 0 Å². The van der Waals surface area contributed by atoms with Gasteiger partial charge in [0.05, 0.1) is 5.60 Å². The average Bonchev–Trinajstić information content (AvgIpc) is 2.65. The Morgan fingerprint density at radius 2 is 1.82 bits per heavy atom. The van der Waals surface area contributed by atoms with Crippen molar-refractivity contribution in [2.75, 3.05) is 5.32 Å². The molecule has 1 amide bonds. The van der Waals surface area contributed by atoms with E-state index >= 15 is 0 Å². The highest BCUT2D eigenvalue weighted by Crippen LogP contribution is 2.27. The van der Waals surface area contributed by atoms with Crippen LogP contribution in [0.25, 0.3) is 0 Å². The van der Waals surface area contributed by atoms with Gasteiger partial charge in [-0.3, -0.25) is 5.32 Å².